The van der Waals surface area contributed by atoms with Crippen molar-refractivity contribution < 1.29 is 14.0 Å². The van der Waals surface area contributed by atoms with Crippen molar-refractivity contribution in [2.75, 3.05) is 12.3 Å². The number of thiophene rings is 1. The van der Waals surface area contributed by atoms with E-state index < -0.39 is 6.04 Å². The molecule has 1 atom stereocenters. The van der Waals surface area contributed by atoms with Crippen LogP contribution in [-0.4, -0.2) is 30.2 Å². The van der Waals surface area contributed by atoms with E-state index in [1.807, 2.05) is 41.8 Å². The summed E-state index contributed by atoms with van der Waals surface area (Å²) in [4.78, 5) is 26.8. The van der Waals surface area contributed by atoms with Gasteiger partial charge >= 0.3 is 0 Å². The number of amides is 2. The zero-order chi connectivity index (χ0) is 21.2. The Labute approximate surface area is 183 Å². The predicted molar refractivity (Wildman–Crippen MR) is 120 cm³/mol. The highest BCUT2D eigenvalue weighted by atomic mass is 32.2. The van der Waals surface area contributed by atoms with Crippen LogP contribution in [0.4, 0.5) is 4.39 Å². The zero-order valence-corrected chi connectivity index (χ0v) is 18.0. The van der Waals surface area contributed by atoms with Crippen LogP contribution in [-0.2, 0) is 11.2 Å². The molecule has 2 N–H and O–H groups in total. The minimum atomic E-state index is -0.647. The molecule has 2 aromatic carbocycles. The number of nitrogens with one attached hydrogen (secondary N) is 2. The van der Waals surface area contributed by atoms with Gasteiger partial charge in [0.1, 0.15) is 11.9 Å². The Morgan fingerprint density at radius 2 is 1.77 bits per heavy atom. The van der Waals surface area contributed by atoms with E-state index in [2.05, 4.69) is 10.6 Å². The van der Waals surface area contributed by atoms with Crippen LogP contribution in [0.3, 0.4) is 0 Å². The number of benzene rings is 2. The first kappa shape index (κ1) is 22.1. The highest BCUT2D eigenvalue weighted by molar-refractivity contribution is 7.99. The summed E-state index contributed by atoms with van der Waals surface area (Å²) in [7, 11) is 0. The molecule has 7 heteroatoms. The molecule has 0 saturated heterocycles. The Hall–Kier alpha value is -2.64. The summed E-state index contributed by atoms with van der Waals surface area (Å²) in [6, 6.07) is 18.9. The fraction of sp³-hybridized carbons (Fsp3) is 0.217. The van der Waals surface area contributed by atoms with Crippen molar-refractivity contribution in [3.8, 4) is 0 Å². The van der Waals surface area contributed by atoms with Gasteiger partial charge in [-0.05, 0) is 53.4 Å². The lowest BCUT2D eigenvalue weighted by atomic mass is 10.1. The topological polar surface area (TPSA) is 58.2 Å². The maximum atomic E-state index is 12.9. The van der Waals surface area contributed by atoms with Gasteiger partial charge in [-0.2, -0.15) is 0 Å². The monoisotopic (exact) mass is 442 g/mol. The number of thioether (sulfide) groups is 1. The quantitative estimate of drug-likeness (QED) is 0.358. The number of hydrogen-bond donors (Lipinski definition) is 2. The van der Waals surface area contributed by atoms with E-state index >= 15 is 0 Å². The minimum Gasteiger partial charge on any atom is -0.354 e. The molecule has 2 amide bonds. The summed E-state index contributed by atoms with van der Waals surface area (Å²) in [5.74, 6) is 0.112. The molecule has 0 radical (unpaired) electrons. The maximum absolute atomic E-state index is 12.9. The second-order valence-electron chi connectivity index (χ2n) is 6.64. The van der Waals surface area contributed by atoms with Crippen LogP contribution in [0.2, 0.25) is 0 Å². The van der Waals surface area contributed by atoms with E-state index in [0.29, 0.717) is 17.8 Å². The molecule has 0 fully saturated rings. The second-order valence-corrected chi connectivity index (χ2v) is 8.76. The molecule has 4 nitrogen and oxygen atoms in total. The van der Waals surface area contributed by atoms with Crippen molar-refractivity contribution in [2.24, 2.45) is 0 Å². The van der Waals surface area contributed by atoms with Crippen LogP contribution in [0, 0.1) is 5.82 Å². The number of halogens is 1. The van der Waals surface area contributed by atoms with Gasteiger partial charge in [0.05, 0.1) is 4.88 Å². The molecule has 1 unspecified atom stereocenters. The predicted octanol–water partition coefficient (Wildman–Crippen LogP) is 4.53. The highest BCUT2D eigenvalue weighted by Gasteiger charge is 2.22. The third-order valence-electron chi connectivity index (χ3n) is 4.35. The molecule has 0 spiro atoms. The van der Waals surface area contributed by atoms with Gasteiger partial charge in [-0.25, -0.2) is 4.39 Å². The van der Waals surface area contributed by atoms with Gasteiger partial charge in [-0.15, -0.1) is 23.1 Å². The molecule has 0 saturated carbocycles. The van der Waals surface area contributed by atoms with Crippen molar-refractivity contribution in [3.05, 3.63) is 88.4 Å². The first-order chi connectivity index (χ1) is 14.6. The zero-order valence-electron chi connectivity index (χ0n) is 16.3. The number of carbonyl (C=O) groups is 2. The average molecular weight is 443 g/mol. The van der Waals surface area contributed by atoms with Crippen molar-refractivity contribution in [2.45, 2.75) is 23.8 Å². The van der Waals surface area contributed by atoms with Gasteiger partial charge in [0.15, 0.2) is 0 Å². The first-order valence-electron chi connectivity index (χ1n) is 9.66. The largest absolute Gasteiger partial charge is 0.354 e. The third-order valence-corrected chi connectivity index (χ3v) is 6.32. The minimum absolute atomic E-state index is 0.199. The van der Waals surface area contributed by atoms with E-state index in [-0.39, 0.29) is 17.6 Å². The third kappa shape index (κ3) is 7.00. The standard InChI is InChI=1S/C23H23FN2O2S2/c24-18-9-11-19(12-10-18)29-15-5-13-25-22(27)20(16-17-6-2-1-3-7-17)26-23(28)21-8-4-14-30-21/h1-4,6-12,14,20H,5,13,15-16H2,(H,25,27)(H,26,28). The molecule has 30 heavy (non-hydrogen) atoms. The Bertz CT molecular complexity index is 932. The van der Waals surface area contributed by atoms with Crippen LogP contribution in [0.25, 0.3) is 0 Å². The van der Waals surface area contributed by atoms with Crippen LogP contribution in [0.1, 0.15) is 21.7 Å². The molecule has 3 aromatic rings. The maximum Gasteiger partial charge on any atom is 0.262 e. The molecule has 1 aromatic heterocycles. The van der Waals surface area contributed by atoms with Crippen molar-refractivity contribution >= 4 is 34.9 Å². The molecule has 0 bridgehead atoms. The molecule has 156 valence electrons. The molecule has 1 heterocycles. The van der Waals surface area contributed by atoms with Gasteiger partial charge in [-0.3, -0.25) is 9.59 Å². The molecular formula is C23H23FN2O2S2. The summed E-state index contributed by atoms with van der Waals surface area (Å²) >= 11 is 2.96. The highest BCUT2D eigenvalue weighted by Crippen LogP contribution is 2.18. The van der Waals surface area contributed by atoms with Crippen molar-refractivity contribution in [1.82, 2.24) is 10.6 Å². The van der Waals surface area contributed by atoms with Crippen molar-refractivity contribution in [1.29, 1.82) is 0 Å². The van der Waals surface area contributed by atoms with E-state index in [9.17, 15) is 14.0 Å². The van der Waals surface area contributed by atoms with Gasteiger partial charge in [0.25, 0.3) is 5.91 Å². The lowest BCUT2D eigenvalue weighted by Gasteiger charge is -2.18. The Balaban J connectivity index is 1.50. The van der Waals surface area contributed by atoms with Crippen LogP contribution in [0.5, 0.6) is 0 Å². The number of rotatable bonds is 10. The van der Waals surface area contributed by atoms with Gasteiger partial charge in [-0.1, -0.05) is 36.4 Å². The SMILES string of the molecule is O=C(NC(Cc1ccccc1)C(=O)NCCCSc1ccc(F)cc1)c1cccs1. The number of carbonyl (C=O) groups excluding carboxylic acids is 2. The Kier molecular flexibility index (Phi) is 8.47. The van der Waals surface area contributed by atoms with E-state index in [1.165, 1.54) is 23.5 Å². The van der Waals surface area contributed by atoms with E-state index in [1.54, 1.807) is 30.0 Å². The summed E-state index contributed by atoms with van der Waals surface area (Å²) in [5.41, 5.74) is 0.982. The fourth-order valence-electron chi connectivity index (χ4n) is 2.82. The summed E-state index contributed by atoms with van der Waals surface area (Å²) < 4.78 is 12.9. The van der Waals surface area contributed by atoms with Gasteiger partial charge in [0.2, 0.25) is 5.91 Å². The van der Waals surface area contributed by atoms with Crippen LogP contribution >= 0.6 is 23.1 Å². The molecule has 0 aliphatic carbocycles. The molecular weight excluding hydrogens is 419 g/mol. The van der Waals surface area contributed by atoms with Crippen molar-refractivity contribution in [3.63, 3.8) is 0 Å². The van der Waals surface area contributed by atoms with Gasteiger partial charge < -0.3 is 10.6 Å². The normalized spacial score (nSPS) is 11.6. The van der Waals surface area contributed by atoms with Gasteiger partial charge in [0, 0.05) is 17.9 Å². The lowest BCUT2D eigenvalue weighted by Crippen LogP contribution is -2.48. The van der Waals surface area contributed by atoms with E-state index in [4.69, 9.17) is 0 Å². The number of hydrogen-bond acceptors (Lipinski definition) is 4. The summed E-state index contributed by atoms with van der Waals surface area (Å²) in [6.07, 6.45) is 1.19. The molecule has 3 rings (SSSR count). The second kappa shape index (κ2) is 11.5. The Morgan fingerprint density at radius 1 is 1.00 bits per heavy atom. The van der Waals surface area contributed by atoms with E-state index in [0.717, 1.165) is 22.6 Å². The van der Waals surface area contributed by atoms with Crippen LogP contribution < -0.4 is 10.6 Å². The smallest absolute Gasteiger partial charge is 0.262 e. The Morgan fingerprint density at radius 3 is 2.47 bits per heavy atom. The molecule has 0 aliphatic heterocycles. The summed E-state index contributed by atoms with van der Waals surface area (Å²) in [5, 5.41) is 7.62. The molecule has 0 aliphatic rings. The van der Waals surface area contributed by atoms with Crippen LogP contribution in [0.15, 0.2) is 77.0 Å². The lowest BCUT2D eigenvalue weighted by molar-refractivity contribution is -0.122. The first-order valence-corrected chi connectivity index (χ1v) is 11.5. The average Bonchev–Trinajstić information content (AvgIpc) is 3.30. The fourth-order valence-corrected chi connectivity index (χ4v) is 4.30. The summed E-state index contributed by atoms with van der Waals surface area (Å²) in [6.45, 7) is 0.507.